The topological polar surface area (TPSA) is 140 Å². The van der Waals surface area contributed by atoms with E-state index < -0.39 is 34.6 Å². The summed E-state index contributed by atoms with van der Waals surface area (Å²) in [6, 6.07) is 10.1. The van der Waals surface area contributed by atoms with Gasteiger partial charge in [0.1, 0.15) is 11.6 Å². The molecule has 0 bridgehead atoms. The number of carbonyl (C=O) groups excluding carboxylic acids is 3. The zero-order valence-electron chi connectivity index (χ0n) is 15.9. The second-order valence-corrected chi connectivity index (χ2v) is 6.06. The van der Waals surface area contributed by atoms with Crippen molar-refractivity contribution >= 4 is 23.4 Å². The van der Waals surface area contributed by atoms with Crippen LogP contribution in [-0.4, -0.2) is 35.3 Å². The number of ether oxygens (including phenoxy) is 1. The van der Waals surface area contributed by atoms with Gasteiger partial charge in [0.2, 0.25) is 5.91 Å². The third-order valence-electron chi connectivity index (χ3n) is 3.80. The number of amides is 3. The average molecular weight is 418 g/mol. The third kappa shape index (κ3) is 6.86. The number of benzene rings is 2. The molecule has 3 N–H and O–H groups in total. The number of hydrazine groups is 1. The Hall–Kier alpha value is -4.02. The van der Waals surface area contributed by atoms with E-state index in [4.69, 9.17) is 4.74 Å². The first-order valence-electron chi connectivity index (χ1n) is 8.80. The smallest absolute Gasteiger partial charge is 0.279 e. The van der Waals surface area contributed by atoms with E-state index in [-0.39, 0.29) is 24.2 Å². The lowest BCUT2D eigenvalue weighted by molar-refractivity contribution is -0.384. The zero-order chi connectivity index (χ0) is 22.1. The van der Waals surface area contributed by atoms with E-state index in [1.807, 2.05) is 0 Å². The Labute approximate surface area is 170 Å². The Bertz CT molecular complexity index is 918. The standard InChI is InChI=1S/C19H19FN4O6/c1-12(30-16-8-4-14(20)5-9-16)18(26)23-22-17(25)10-11-21-19(27)13-2-6-15(7-3-13)24(28)29/h2-9,12H,10-11H2,1H3,(H,21,27)(H,22,25)(H,23,26). The number of non-ortho nitro benzene ring substituents is 1. The molecule has 0 saturated heterocycles. The molecule has 2 aromatic carbocycles. The highest BCUT2D eigenvalue weighted by atomic mass is 19.1. The number of carbonyl (C=O) groups is 3. The summed E-state index contributed by atoms with van der Waals surface area (Å²) in [4.78, 5) is 45.6. The van der Waals surface area contributed by atoms with Crippen LogP contribution in [0.5, 0.6) is 5.75 Å². The predicted octanol–water partition coefficient (Wildman–Crippen LogP) is 1.47. The van der Waals surface area contributed by atoms with Crippen molar-refractivity contribution in [1.29, 1.82) is 0 Å². The van der Waals surface area contributed by atoms with E-state index in [0.29, 0.717) is 5.75 Å². The van der Waals surface area contributed by atoms with E-state index >= 15 is 0 Å². The van der Waals surface area contributed by atoms with Crippen molar-refractivity contribution in [2.75, 3.05) is 6.54 Å². The van der Waals surface area contributed by atoms with Crippen molar-refractivity contribution in [2.24, 2.45) is 0 Å². The number of rotatable bonds is 8. The molecule has 3 amide bonds. The van der Waals surface area contributed by atoms with Crippen molar-refractivity contribution in [3.05, 3.63) is 70.0 Å². The van der Waals surface area contributed by atoms with E-state index in [0.717, 1.165) is 0 Å². The molecule has 0 fully saturated rings. The minimum atomic E-state index is -0.947. The van der Waals surface area contributed by atoms with Crippen molar-refractivity contribution in [2.45, 2.75) is 19.4 Å². The van der Waals surface area contributed by atoms with Crippen molar-refractivity contribution in [3.63, 3.8) is 0 Å². The van der Waals surface area contributed by atoms with Crippen LogP contribution >= 0.6 is 0 Å². The average Bonchev–Trinajstić information content (AvgIpc) is 2.73. The summed E-state index contributed by atoms with van der Waals surface area (Å²) in [5.41, 5.74) is 4.44. The molecule has 0 radical (unpaired) electrons. The van der Waals surface area contributed by atoms with E-state index in [1.165, 1.54) is 55.5 Å². The predicted molar refractivity (Wildman–Crippen MR) is 103 cm³/mol. The first kappa shape index (κ1) is 22.3. The summed E-state index contributed by atoms with van der Waals surface area (Å²) in [5, 5.41) is 13.1. The summed E-state index contributed by atoms with van der Waals surface area (Å²) in [6.07, 6.45) is -1.07. The molecule has 0 aliphatic carbocycles. The van der Waals surface area contributed by atoms with Crippen LogP contribution in [0.3, 0.4) is 0 Å². The van der Waals surface area contributed by atoms with Gasteiger partial charge in [-0.2, -0.15) is 0 Å². The molecule has 0 spiro atoms. The first-order chi connectivity index (χ1) is 14.3. The lowest BCUT2D eigenvalue weighted by atomic mass is 10.2. The number of nitro benzene ring substituents is 1. The van der Waals surface area contributed by atoms with Gasteiger partial charge in [0.15, 0.2) is 6.10 Å². The monoisotopic (exact) mass is 418 g/mol. The van der Waals surface area contributed by atoms with Gasteiger partial charge in [0.05, 0.1) is 4.92 Å². The van der Waals surface area contributed by atoms with Crippen LogP contribution in [0.15, 0.2) is 48.5 Å². The Morgan fingerprint density at radius 2 is 1.70 bits per heavy atom. The van der Waals surface area contributed by atoms with Crippen LogP contribution in [0.1, 0.15) is 23.7 Å². The molecule has 1 atom stereocenters. The molecule has 30 heavy (non-hydrogen) atoms. The molecule has 0 aromatic heterocycles. The van der Waals surface area contributed by atoms with Gasteiger partial charge in [-0.1, -0.05) is 0 Å². The van der Waals surface area contributed by atoms with Gasteiger partial charge in [-0.05, 0) is 43.3 Å². The van der Waals surface area contributed by atoms with Gasteiger partial charge in [0.25, 0.3) is 17.5 Å². The number of hydrogen-bond donors (Lipinski definition) is 3. The summed E-state index contributed by atoms with van der Waals surface area (Å²) >= 11 is 0. The summed E-state index contributed by atoms with van der Waals surface area (Å²) in [7, 11) is 0. The number of nitrogens with zero attached hydrogens (tertiary/aromatic N) is 1. The molecule has 1 unspecified atom stereocenters. The Balaban J connectivity index is 1.68. The highest BCUT2D eigenvalue weighted by Crippen LogP contribution is 2.13. The normalized spacial score (nSPS) is 11.1. The molecule has 10 nitrogen and oxygen atoms in total. The van der Waals surface area contributed by atoms with E-state index in [1.54, 1.807) is 0 Å². The molecule has 0 saturated carbocycles. The molecule has 0 heterocycles. The number of halogens is 1. The van der Waals surface area contributed by atoms with Gasteiger partial charge < -0.3 is 10.1 Å². The fraction of sp³-hybridized carbons (Fsp3) is 0.211. The van der Waals surface area contributed by atoms with Crippen molar-refractivity contribution in [1.82, 2.24) is 16.2 Å². The van der Waals surface area contributed by atoms with Crippen LogP contribution in [0.4, 0.5) is 10.1 Å². The lowest BCUT2D eigenvalue weighted by Crippen LogP contribution is -2.47. The maximum absolute atomic E-state index is 12.9. The maximum Gasteiger partial charge on any atom is 0.279 e. The van der Waals surface area contributed by atoms with Gasteiger partial charge in [-0.15, -0.1) is 0 Å². The molecule has 2 aromatic rings. The van der Waals surface area contributed by atoms with Crippen LogP contribution < -0.4 is 20.9 Å². The third-order valence-corrected chi connectivity index (χ3v) is 3.80. The fourth-order valence-electron chi connectivity index (χ4n) is 2.19. The SMILES string of the molecule is CC(Oc1ccc(F)cc1)C(=O)NNC(=O)CCNC(=O)c1ccc([N+](=O)[O-])cc1. The van der Waals surface area contributed by atoms with Crippen LogP contribution in [0, 0.1) is 15.9 Å². The van der Waals surface area contributed by atoms with E-state index in [9.17, 15) is 28.9 Å². The van der Waals surface area contributed by atoms with Crippen LogP contribution in [0.2, 0.25) is 0 Å². The summed E-state index contributed by atoms with van der Waals surface area (Å²) in [5.74, 6) is -1.82. The van der Waals surface area contributed by atoms with Crippen LogP contribution in [0.25, 0.3) is 0 Å². The highest BCUT2D eigenvalue weighted by Gasteiger charge is 2.16. The molecular formula is C19H19FN4O6. The number of hydrogen-bond acceptors (Lipinski definition) is 6. The number of nitrogens with one attached hydrogen (secondary N) is 3. The molecule has 0 aliphatic rings. The maximum atomic E-state index is 12.9. The molecular weight excluding hydrogens is 399 g/mol. The lowest BCUT2D eigenvalue weighted by Gasteiger charge is -2.15. The Kier molecular flexibility index (Phi) is 7.80. The van der Waals surface area contributed by atoms with Crippen LogP contribution in [-0.2, 0) is 9.59 Å². The Morgan fingerprint density at radius 1 is 1.07 bits per heavy atom. The molecule has 158 valence electrons. The van der Waals surface area contributed by atoms with E-state index in [2.05, 4.69) is 16.2 Å². The van der Waals surface area contributed by atoms with Gasteiger partial charge in [-0.25, -0.2) is 4.39 Å². The second kappa shape index (κ2) is 10.5. The molecule has 11 heteroatoms. The molecule has 2 rings (SSSR count). The van der Waals surface area contributed by atoms with Gasteiger partial charge in [-0.3, -0.25) is 35.3 Å². The van der Waals surface area contributed by atoms with Gasteiger partial charge in [0, 0.05) is 30.7 Å². The van der Waals surface area contributed by atoms with Crippen molar-refractivity contribution in [3.8, 4) is 5.75 Å². The molecule has 0 aliphatic heterocycles. The first-order valence-corrected chi connectivity index (χ1v) is 8.80. The fourth-order valence-corrected chi connectivity index (χ4v) is 2.19. The van der Waals surface area contributed by atoms with Crippen molar-refractivity contribution < 1.29 is 28.4 Å². The minimum Gasteiger partial charge on any atom is -0.481 e. The zero-order valence-corrected chi connectivity index (χ0v) is 15.9. The second-order valence-electron chi connectivity index (χ2n) is 6.06. The quantitative estimate of drug-likeness (QED) is 0.438. The largest absolute Gasteiger partial charge is 0.481 e. The number of nitro groups is 1. The summed E-state index contributed by atoms with van der Waals surface area (Å²) in [6.45, 7) is 1.44. The summed E-state index contributed by atoms with van der Waals surface area (Å²) < 4.78 is 18.2. The minimum absolute atomic E-state index is 0.0147. The highest BCUT2D eigenvalue weighted by molar-refractivity contribution is 5.94. The van der Waals surface area contributed by atoms with Gasteiger partial charge >= 0.3 is 0 Å². The Morgan fingerprint density at radius 3 is 2.30 bits per heavy atom.